The molecular weight excluding hydrogens is 223 g/mol. The number of piperidine rings is 2. The Morgan fingerprint density at radius 3 is 2.12 bits per heavy atom. The van der Waals surface area contributed by atoms with Gasteiger partial charge in [0.2, 0.25) is 0 Å². The molecular formula is C13H25KN2. The van der Waals surface area contributed by atoms with Gasteiger partial charge >= 0.3 is 51.4 Å². The van der Waals surface area contributed by atoms with Crippen LogP contribution in [0.4, 0.5) is 0 Å². The minimum Gasteiger partial charge on any atom is -0.662 e. The molecule has 2 fully saturated rings. The zero-order chi connectivity index (χ0) is 10.9. The smallest absolute Gasteiger partial charge is 0.662 e. The standard InChI is InChI=1S/C13H25N2.K/c1-12(2,3)15-9-6-13(7-10-15)5-4-8-14-11-13;/h4-11H2,1-3H3;/q-1;+1. The van der Waals surface area contributed by atoms with Gasteiger partial charge in [-0.3, -0.25) is 4.90 Å². The number of rotatable bonds is 0. The SMILES string of the molecule is CC(C)(C)N1CCC2(CCC[N-]C2)CC1.[K+]. The largest absolute Gasteiger partial charge is 1.00 e. The van der Waals surface area contributed by atoms with Crippen molar-refractivity contribution in [2.45, 2.75) is 52.0 Å². The Labute approximate surface area is 143 Å². The van der Waals surface area contributed by atoms with E-state index in [-0.39, 0.29) is 51.4 Å². The summed E-state index contributed by atoms with van der Waals surface area (Å²) >= 11 is 0. The summed E-state index contributed by atoms with van der Waals surface area (Å²) in [7, 11) is 0. The van der Waals surface area contributed by atoms with Gasteiger partial charge in [0, 0.05) is 5.54 Å². The molecule has 1 spiro atoms. The summed E-state index contributed by atoms with van der Waals surface area (Å²) in [6.07, 6.45) is 5.49. The maximum absolute atomic E-state index is 4.62. The normalized spacial score (nSPS) is 26.4. The topological polar surface area (TPSA) is 17.3 Å². The van der Waals surface area contributed by atoms with Gasteiger partial charge in [0.05, 0.1) is 0 Å². The summed E-state index contributed by atoms with van der Waals surface area (Å²) < 4.78 is 0. The zero-order valence-electron chi connectivity index (χ0n) is 11.6. The molecule has 0 saturated carbocycles. The third kappa shape index (κ3) is 3.77. The van der Waals surface area contributed by atoms with Crippen LogP contribution in [-0.2, 0) is 0 Å². The van der Waals surface area contributed by atoms with Crippen molar-refractivity contribution in [2.75, 3.05) is 26.2 Å². The Bertz CT molecular complexity index is 206. The van der Waals surface area contributed by atoms with E-state index in [0.29, 0.717) is 11.0 Å². The van der Waals surface area contributed by atoms with Crippen molar-refractivity contribution in [3.63, 3.8) is 0 Å². The molecule has 2 aliphatic heterocycles. The predicted molar refractivity (Wildman–Crippen MR) is 65.3 cm³/mol. The van der Waals surface area contributed by atoms with E-state index in [0.717, 1.165) is 13.1 Å². The average Bonchev–Trinajstić information content (AvgIpc) is 2.18. The third-order valence-corrected chi connectivity index (χ3v) is 4.24. The van der Waals surface area contributed by atoms with Crippen LogP contribution in [0.25, 0.3) is 5.32 Å². The second kappa shape index (κ2) is 6.13. The van der Waals surface area contributed by atoms with Gasteiger partial charge in [0.1, 0.15) is 0 Å². The van der Waals surface area contributed by atoms with E-state index >= 15 is 0 Å². The summed E-state index contributed by atoms with van der Waals surface area (Å²) in [5, 5.41) is 4.62. The number of likely N-dealkylation sites (tertiary alicyclic amines) is 1. The maximum atomic E-state index is 4.62. The molecule has 3 heteroatoms. The van der Waals surface area contributed by atoms with Crippen molar-refractivity contribution in [2.24, 2.45) is 5.41 Å². The fraction of sp³-hybridized carbons (Fsp3) is 1.00. The molecule has 16 heavy (non-hydrogen) atoms. The molecule has 0 aromatic carbocycles. The molecule has 0 radical (unpaired) electrons. The summed E-state index contributed by atoms with van der Waals surface area (Å²) in [4.78, 5) is 2.63. The maximum Gasteiger partial charge on any atom is 1.00 e. The van der Waals surface area contributed by atoms with Gasteiger partial charge in [-0.25, -0.2) is 0 Å². The van der Waals surface area contributed by atoms with E-state index in [1.54, 1.807) is 0 Å². The van der Waals surface area contributed by atoms with Crippen molar-refractivity contribution in [3.8, 4) is 0 Å². The minimum atomic E-state index is 0. The Hall–Kier alpha value is 1.56. The van der Waals surface area contributed by atoms with Crippen molar-refractivity contribution in [1.82, 2.24) is 4.90 Å². The molecule has 2 heterocycles. The second-order valence-electron chi connectivity index (χ2n) is 6.37. The van der Waals surface area contributed by atoms with Crippen LogP contribution < -0.4 is 51.4 Å². The van der Waals surface area contributed by atoms with Crippen LogP contribution >= 0.6 is 0 Å². The predicted octanol–water partition coefficient (Wildman–Crippen LogP) is 0.0386. The van der Waals surface area contributed by atoms with E-state index < -0.39 is 0 Å². The first kappa shape index (κ1) is 15.6. The van der Waals surface area contributed by atoms with Gasteiger partial charge in [-0.2, -0.15) is 0 Å². The Balaban J connectivity index is 0.00000128. The van der Waals surface area contributed by atoms with Gasteiger partial charge in [-0.15, -0.1) is 13.1 Å². The Morgan fingerprint density at radius 2 is 1.69 bits per heavy atom. The van der Waals surface area contributed by atoms with E-state index in [1.807, 2.05) is 0 Å². The van der Waals surface area contributed by atoms with Crippen LogP contribution in [0.2, 0.25) is 0 Å². The van der Waals surface area contributed by atoms with Crippen LogP contribution in [0, 0.1) is 5.41 Å². The quantitative estimate of drug-likeness (QED) is 0.553. The summed E-state index contributed by atoms with van der Waals surface area (Å²) in [6, 6.07) is 0. The van der Waals surface area contributed by atoms with Gasteiger partial charge in [-0.1, -0.05) is 12.8 Å². The molecule has 2 saturated heterocycles. The van der Waals surface area contributed by atoms with Crippen LogP contribution in [0.15, 0.2) is 0 Å². The monoisotopic (exact) mass is 248 g/mol. The van der Waals surface area contributed by atoms with Crippen LogP contribution in [0.1, 0.15) is 46.5 Å². The van der Waals surface area contributed by atoms with E-state index in [1.165, 1.54) is 38.8 Å². The average molecular weight is 248 g/mol. The molecule has 2 aliphatic rings. The van der Waals surface area contributed by atoms with Crippen LogP contribution in [0.5, 0.6) is 0 Å². The molecule has 0 aromatic rings. The fourth-order valence-electron chi connectivity index (χ4n) is 3.02. The summed E-state index contributed by atoms with van der Waals surface area (Å²) in [5.41, 5.74) is 0.952. The molecule has 0 unspecified atom stereocenters. The van der Waals surface area contributed by atoms with Gasteiger partial charge in [0.25, 0.3) is 0 Å². The minimum absolute atomic E-state index is 0. The Kier molecular flexibility index (Phi) is 5.99. The number of hydrogen-bond donors (Lipinski definition) is 0. The van der Waals surface area contributed by atoms with Gasteiger partial charge < -0.3 is 5.32 Å². The first-order chi connectivity index (χ1) is 7.02. The van der Waals surface area contributed by atoms with Crippen molar-refractivity contribution < 1.29 is 51.4 Å². The van der Waals surface area contributed by atoms with Gasteiger partial charge in [0.15, 0.2) is 0 Å². The number of nitrogens with zero attached hydrogens (tertiary/aromatic N) is 2. The third-order valence-electron chi connectivity index (χ3n) is 4.24. The van der Waals surface area contributed by atoms with Crippen molar-refractivity contribution in [3.05, 3.63) is 5.32 Å². The molecule has 0 N–H and O–H groups in total. The molecule has 0 bridgehead atoms. The first-order valence-electron chi connectivity index (χ1n) is 6.40. The molecule has 0 aliphatic carbocycles. The second-order valence-corrected chi connectivity index (χ2v) is 6.37. The number of hydrogen-bond acceptors (Lipinski definition) is 1. The van der Waals surface area contributed by atoms with Crippen LogP contribution in [-0.4, -0.2) is 36.6 Å². The summed E-state index contributed by atoms with van der Waals surface area (Å²) in [5.74, 6) is 0. The molecule has 88 valence electrons. The van der Waals surface area contributed by atoms with Gasteiger partial charge in [-0.05, 0) is 52.1 Å². The fourth-order valence-corrected chi connectivity index (χ4v) is 3.02. The van der Waals surface area contributed by atoms with Crippen molar-refractivity contribution >= 4 is 0 Å². The molecule has 0 atom stereocenters. The molecule has 0 aromatic heterocycles. The summed E-state index contributed by atoms with van der Waals surface area (Å²) in [6.45, 7) is 11.8. The Morgan fingerprint density at radius 1 is 1.06 bits per heavy atom. The molecule has 2 nitrogen and oxygen atoms in total. The van der Waals surface area contributed by atoms with E-state index in [4.69, 9.17) is 0 Å². The van der Waals surface area contributed by atoms with E-state index in [2.05, 4.69) is 31.0 Å². The zero-order valence-corrected chi connectivity index (χ0v) is 14.7. The van der Waals surface area contributed by atoms with Crippen molar-refractivity contribution in [1.29, 1.82) is 0 Å². The van der Waals surface area contributed by atoms with E-state index in [9.17, 15) is 0 Å². The first-order valence-corrected chi connectivity index (χ1v) is 6.40. The molecule has 0 amide bonds. The van der Waals surface area contributed by atoms with Crippen LogP contribution in [0.3, 0.4) is 0 Å². The molecule has 2 rings (SSSR count).